The number of esters is 1. The van der Waals surface area contributed by atoms with Gasteiger partial charge in [-0.2, -0.15) is 0 Å². The summed E-state index contributed by atoms with van der Waals surface area (Å²) in [7, 11) is -3.85. The number of aromatic nitrogens is 2. The normalized spacial score (nSPS) is 18.5. The highest BCUT2D eigenvalue weighted by Crippen LogP contribution is 2.47. The lowest BCUT2D eigenvalue weighted by atomic mass is 10.1. The van der Waals surface area contributed by atoms with Crippen molar-refractivity contribution in [2.45, 2.75) is 71.6 Å². The molecule has 2 heterocycles. The lowest BCUT2D eigenvalue weighted by molar-refractivity contribution is -0.149. The molecule has 1 aromatic heterocycles. The molecule has 2 N–H and O–H groups in total. The summed E-state index contributed by atoms with van der Waals surface area (Å²) in [5, 5.41) is 2.77. The second-order valence-electron chi connectivity index (χ2n) is 9.24. The molecule has 11 nitrogen and oxygen atoms in total. The smallest absolute Gasteiger partial charge is 0.406 e. The monoisotopic (exact) mass is 535 g/mol. The van der Waals surface area contributed by atoms with Gasteiger partial charge in [-0.3, -0.25) is 28.2 Å². The number of H-pyrrole nitrogens is 1. The molecule has 0 saturated heterocycles. The van der Waals surface area contributed by atoms with Gasteiger partial charge in [0.2, 0.25) is 0 Å². The molecular formula is C25H34N3O8P. The fourth-order valence-electron chi connectivity index (χ4n) is 3.65. The second kappa shape index (κ2) is 12.6. The van der Waals surface area contributed by atoms with Crippen LogP contribution in [0, 0.1) is 6.92 Å². The molecule has 0 spiro atoms. The molecule has 0 fully saturated rings. The van der Waals surface area contributed by atoms with Gasteiger partial charge in [0.05, 0.1) is 12.2 Å². The largest absolute Gasteiger partial charge is 0.461 e. The van der Waals surface area contributed by atoms with Crippen LogP contribution in [0.2, 0.25) is 0 Å². The highest BCUT2D eigenvalue weighted by atomic mass is 31.2. The van der Waals surface area contributed by atoms with Crippen LogP contribution in [0.15, 0.2) is 58.3 Å². The van der Waals surface area contributed by atoms with E-state index in [9.17, 15) is 18.9 Å². The number of aryl methyl sites for hydroxylation is 1. The molecule has 37 heavy (non-hydrogen) atoms. The lowest BCUT2D eigenvalue weighted by Crippen LogP contribution is -2.40. The van der Waals surface area contributed by atoms with Crippen LogP contribution in [-0.2, 0) is 34.3 Å². The standard InChI is InChI=1S/C25H34N3O8P/c1-16(2)35-37(32,36-17(3)4)27-21(13-19-9-7-6-8-10-19)24(30)33-15-20-11-12-22(34-20)28-14-18(5)23(29)26-25(28)31/h6-12,14,16-17,20-22H,13,15H2,1-5H3,(H,27,32)(H,26,29,31)/t20-,21-,22+/m0/s1. The Morgan fingerprint density at radius 2 is 1.76 bits per heavy atom. The molecule has 3 atom stereocenters. The fraction of sp³-hybridized carbons (Fsp3) is 0.480. The predicted octanol–water partition coefficient (Wildman–Crippen LogP) is 3.00. The number of aromatic amines is 1. The Kier molecular flexibility index (Phi) is 9.80. The number of nitrogens with zero attached hydrogens (tertiary/aromatic N) is 1. The molecule has 3 rings (SSSR count). The first-order valence-electron chi connectivity index (χ1n) is 12.1. The zero-order chi connectivity index (χ0) is 27.2. The molecule has 0 aliphatic carbocycles. The van der Waals surface area contributed by atoms with Crippen LogP contribution in [0.3, 0.4) is 0 Å². The minimum Gasteiger partial charge on any atom is -0.461 e. The summed E-state index contributed by atoms with van der Waals surface area (Å²) in [5.41, 5.74) is 0.104. The molecule has 0 unspecified atom stereocenters. The zero-order valence-corrected chi connectivity index (χ0v) is 22.5. The molecule has 2 aromatic rings. The van der Waals surface area contributed by atoms with Gasteiger partial charge in [-0.15, -0.1) is 0 Å². The highest BCUT2D eigenvalue weighted by Gasteiger charge is 2.35. The average Bonchev–Trinajstić information content (AvgIpc) is 3.27. The molecule has 12 heteroatoms. The van der Waals surface area contributed by atoms with E-state index in [-0.39, 0.29) is 13.0 Å². The Balaban J connectivity index is 1.70. The maximum atomic E-state index is 13.4. The Bertz CT molecular complexity index is 1240. The van der Waals surface area contributed by atoms with Gasteiger partial charge in [0.1, 0.15) is 18.8 Å². The van der Waals surface area contributed by atoms with E-state index in [1.165, 1.54) is 10.8 Å². The van der Waals surface area contributed by atoms with E-state index in [0.29, 0.717) is 5.56 Å². The van der Waals surface area contributed by atoms with Crippen LogP contribution >= 0.6 is 7.75 Å². The quantitative estimate of drug-likeness (QED) is 0.239. The first kappa shape index (κ1) is 28.7. The SMILES string of the molecule is Cc1cn([C@H]2C=C[C@@H](COC(=O)[C@H](Cc3ccccc3)NP(=O)(OC(C)C)OC(C)C)O2)c(=O)[nH]c1=O. The minimum absolute atomic E-state index is 0.143. The zero-order valence-electron chi connectivity index (χ0n) is 21.6. The van der Waals surface area contributed by atoms with E-state index in [0.717, 1.165) is 5.56 Å². The number of benzene rings is 1. The second-order valence-corrected chi connectivity index (χ2v) is 10.9. The Labute approximate surface area is 215 Å². The summed E-state index contributed by atoms with van der Waals surface area (Å²) in [4.78, 5) is 39.2. The summed E-state index contributed by atoms with van der Waals surface area (Å²) >= 11 is 0. The highest BCUT2D eigenvalue weighted by molar-refractivity contribution is 7.51. The van der Waals surface area contributed by atoms with Crippen LogP contribution in [0.4, 0.5) is 0 Å². The van der Waals surface area contributed by atoms with Gasteiger partial charge in [-0.1, -0.05) is 36.4 Å². The summed E-state index contributed by atoms with van der Waals surface area (Å²) in [5.74, 6) is -0.665. The Morgan fingerprint density at radius 1 is 1.11 bits per heavy atom. The van der Waals surface area contributed by atoms with Crippen LogP contribution in [0.1, 0.15) is 45.0 Å². The van der Waals surface area contributed by atoms with Crippen LogP contribution in [0.25, 0.3) is 0 Å². The molecule has 0 saturated carbocycles. The Hall–Kier alpha value is -2.82. The minimum atomic E-state index is -3.85. The maximum absolute atomic E-state index is 13.4. The van der Waals surface area contributed by atoms with Crippen LogP contribution < -0.4 is 16.3 Å². The summed E-state index contributed by atoms with van der Waals surface area (Å²) in [6, 6.07) is 8.19. The van der Waals surface area contributed by atoms with E-state index in [2.05, 4.69) is 10.1 Å². The summed E-state index contributed by atoms with van der Waals surface area (Å²) < 4.78 is 37.1. The Morgan fingerprint density at radius 3 is 2.38 bits per heavy atom. The van der Waals surface area contributed by atoms with Crippen molar-refractivity contribution < 1.29 is 27.9 Å². The van der Waals surface area contributed by atoms with E-state index in [1.807, 2.05) is 30.3 Å². The van der Waals surface area contributed by atoms with E-state index >= 15 is 0 Å². The van der Waals surface area contributed by atoms with Crippen LogP contribution in [-0.4, -0.2) is 46.5 Å². The molecule has 202 valence electrons. The molecule has 0 bridgehead atoms. The van der Waals surface area contributed by atoms with Crippen molar-refractivity contribution in [1.82, 2.24) is 14.6 Å². The van der Waals surface area contributed by atoms with Crippen LogP contribution in [0.5, 0.6) is 0 Å². The topological polar surface area (TPSA) is 138 Å². The average molecular weight is 536 g/mol. The van der Waals surface area contributed by atoms with Gasteiger partial charge in [0, 0.05) is 11.8 Å². The van der Waals surface area contributed by atoms with Gasteiger partial charge >= 0.3 is 19.4 Å². The first-order valence-corrected chi connectivity index (χ1v) is 13.6. The maximum Gasteiger partial charge on any atom is 0.406 e. The van der Waals surface area contributed by atoms with Crippen molar-refractivity contribution in [3.8, 4) is 0 Å². The van der Waals surface area contributed by atoms with E-state index in [1.54, 1.807) is 46.8 Å². The number of ether oxygens (including phenoxy) is 2. The molecule has 0 amide bonds. The first-order chi connectivity index (χ1) is 17.5. The fourth-order valence-corrected chi connectivity index (χ4v) is 5.51. The number of nitrogens with one attached hydrogen (secondary N) is 2. The number of carbonyl (C=O) groups is 1. The molecule has 0 radical (unpaired) electrons. The van der Waals surface area contributed by atoms with Crippen molar-refractivity contribution in [2.75, 3.05) is 6.61 Å². The van der Waals surface area contributed by atoms with Gasteiger partial charge < -0.3 is 9.47 Å². The van der Waals surface area contributed by atoms with E-state index in [4.69, 9.17) is 18.5 Å². The number of hydrogen-bond acceptors (Lipinski definition) is 8. The van der Waals surface area contributed by atoms with Gasteiger partial charge in [0.15, 0.2) is 6.23 Å². The number of carbonyl (C=O) groups excluding carboxylic acids is 1. The van der Waals surface area contributed by atoms with Crippen molar-refractivity contribution in [2.24, 2.45) is 0 Å². The van der Waals surface area contributed by atoms with E-state index < -0.39 is 55.5 Å². The lowest BCUT2D eigenvalue weighted by Gasteiger charge is -2.27. The van der Waals surface area contributed by atoms with Crippen molar-refractivity contribution in [3.63, 3.8) is 0 Å². The molecule has 1 aromatic carbocycles. The molecule has 1 aliphatic heterocycles. The third kappa shape index (κ3) is 8.34. The summed E-state index contributed by atoms with van der Waals surface area (Å²) in [6.07, 6.45) is 2.67. The predicted molar refractivity (Wildman–Crippen MR) is 137 cm³/mol. The number of hydrogen-bond donors (Lipinski definition) is 2. The van der Waals surface area contributed by atoms with Gasteiger partial charge in [-0.25, -0.2) is 14.4 Å². The van der Waals surface area contributed by atoms with Crippen molar-refractivity contribution >= 4 is 13.7 Å². The third-order valence-corrected chi connectivity index (χ3v) is 7.22. The van der Waals surface area contributed by atoms with Gasteiger partial charge in [-0.05, 0) is 52.7 Å². The van der Waals surface area contributed by atoms with Crippen molar-refractivity contribution in [3.05, 3.63) is 80.6 Å². The molecular weight excluding hydrogens is 501 g/mol. The van der Waals surface area contributed by atoms with Crippen molar-refractivity contribution in [1.29, 1.82) is 0 Å². The number of rotatable bonds is 12. The summed E-state index contributed by atoms with van der Waals surface area (Å²) in [6.45, 7) is 8.32. The third-order valence-electron chi connectivity index (χ3n) is 5.19. The molecule has 1 aliphatic rings. The van der Waals surface area contributed by atoms with Gasteiger partial charge in [0.25, 0.3) is 5.56 Å².